The van der Waals surface area contributed by atoms with Crippen LogP contribution in [0, 0.1) is 10.1 Å². The Morgan fingerprint density at radius 3 is 2.50 bits per heavy atom. The van der Waals surface area contributed by atoms with Gasteiger partial charge in [0.05, 0.1) is 11.3 Å². The van der Waals surface area contributed by atoms with Crippen molar-refractivity contribution >= 4 is 17.3 Å². The molecule has 22 heavy (non-hydrogen) atoms. The van der Waals surface area contributed by atoms with E-state index < -0.39 is 10.9 Å². The van der Waals surface area contributed by atoms with Gasteiger partial charge >= 0.3 is 5.97 Å². The van der Waals surface area contributed by atoms with E-state index in [-0.39, 0.29) is 24.5 Å². The number of phenols is 1. The van der Waals surface area contributed by atoms with Gasteiger partial charge in [-0.1, -0.05) is 6.07 Å². The number of nitro groups is 1. The van der Waals surface area contributed by atoms with Crippen molar-refractivity contribution in [3.63, 3.8) is 0 Å². The highest BCUT2D eigenvalue weighted by atomic mass is 16.6. The Morgan fingerprint density at radius 2 is 1.91 bits per heavy atom. The third-order valence-electron chi connectivity index (χ3n) is 3.01. The molecule has 2 rings (SSSR count). The molecule has 7 heteroatoms. The molecule has 0 heterocycles. The number of ether oxygens (including phenoxy) is 1. The minimum atomic E-state index is -0.497. The van der Waals surface area contributed by atoms with Crippen molar-refractivity contribution in [2.75, 3.05) is 5.73 Å². The van der Waals surface area contributed by atoms with Gasteiger partial charge in [0.1, 0.15) is 12.4 Å². The molecule has 0 aliphatic rings. The first kappa shape index (κ1) is 15.3. The quantitative estimate of drug-likeness (QED) is 0.378. The van der Waals surface area contributed by atoms with E-state index in [1.165, 1.54) is 36.4 Å². The monoisotopic (exact) mass is 302 g/mol. The molecular formula is C15H14N2O5. The Kier molecular flexibility index (Phi) is 4.57. The van der Waals surface area contributed by atoms with Crippen LogP contribution in [-0.2, 0) is 22.6 Å². The summed E-state index contributed by atoms with van der Waals surface area (Å²) in [6.07, 6.45) is -0.0148. The molecule has 0 atom stereocenters. The zero-order valence-electron chi connectivity index (χ0n) is 11.6. The highest BCUT2D eigenvalue weighted by molar-refractivity contribution is 5.75. The predicted octanol–water partition coefficient (Wildman–Crippen LogP) is 2.17. The van der Waals surface area contributed by atoms with Gasteiger partial charge in [-0.15, -0.1) is 0 Å². The smallest absolute Gasteiger partial charge is 0.310 e. The maximum atomic E-state index is 11.7. The van der Waals surface area contributed by atoms with E-state index in [2.05, 4.69) is 0 Å². The lowest BCUT2D eigenvalue weighted by Crippen LogP contribution is -2.09. The summed E-state index contributed by atoms with van der Waals surface area (Å²) in [6, 6.07) is 10.1. The molecule has 2 aromatic carbocycles. The lowest BCUT2D eigenvalue weighted by Gasteiger charge is -2.07. The van der Waals surface area contributed by atoms with Crippen LogP contribution in [0.15, 0.2) is 42.5 Å². The predicted molar refractivity (Wildman–Crippen MR) is 79.1 cm³/mol. The molecule has 0 radical (unpaired) electrons. The molecule has 0 fully saturated rings. The number of hydrogen-bond donors (Lipinski definition) is 2. The first-order valence-corrected chi connectivity index (χ1v) is 6.42. The molecule has 0 aromatic heterocycles. The first-order chi connectivity index (χ1) is 10.5. The number of non-ortho nitro benzene ring substituents is 1. The van der Waals surface area contributed by atoms with Crippen molar-refractivity contribution in [3.05, 3.63) is 63.7 Å². The van der Waals surface area contributed by atoms with E-state index in [0.29, 0.717) is 16.8 Å². The molecule has 0 saturated carbocycles. The summed E-state index contributed by atoms with van der Waals surface area (Å²) < 4.78 is 5.09. The Hall–Kier alpha value is -3.09. The molecule has 0 aliphatic carbocycles. The number of rotatable bonds is 5. The average Bonchev–Trinajstić information content (AvgIpc) is 2.48. The van der Waals surface area contributed by atoms with Crippen molar-refractivity contribution < 1.29 is 19.6 Å². The molecular weight excluding hydrogens is 288 g/mol. The highest BCUT2D eigenvalue weighted by Crippen LogP contribution is 2.19. The second-order valence-electron chi connectivity index (χ2n) is 4.64. The zero-order chi connectivity index (χ0) is 16.1. The fourth-order valence-corrected chi connectivity index (χ4v) is 1.83. The van der Waals surface area contributed by atoms with Gasteiger partial charge in [-0.3, -0.25) is 14.9 Å². The van der Waals surface area contributed by atoms with Crippen LogP contribution in [0.2, 0.25) is 0 Å². The Bertz CT molecular complexity index is 698. The third-order valence-corrected chi connectivity index (χ3v) is 3.01. The van der Waals surface area contributed by atoms with E-state index >= 15 is 0 Å². The SMILES string of the molecule is Nc1cc(O)ccc1CC(=O)OCc1ccc([N+](=O)[O-])cc1. The summed E-state index contributed by atoms with van der Waals surface area (Å²) in [5.74, 6) is -0.448. The second-order valence-corrected chi connectivity index (χ2v) is 4.64. The van der Waals surface area contributed by atoms with Crippen LogP contribution in [0.3, 0.4) is 0 Å². The van der Waals surface area contributed by atoms with Crippen LogP contribution in [0.25, 0.3) is 0 Å². The van der Waals surface area contributed by atoms with Gasteiger partial charge in [-0.2, -0.15) is 0 Å². The number of carbonyl (C=O) groups is 1. The van der Waals surface area contributed by atoms with Crippen LogP contribution >= 0.6 is 0 Å². The van der Waals surface area contributed by atoms with Crippen molar-refractivity contribution in [1.29, 1.82) is 0 Å². The minimum absolute atomic E-state index is 0.0148. The van der Waals surface area contributed by atoms with Gasteiger partial charge in [0.15, 0.2) is 0 Å². The Balaban J connectivity index is 1.91. The van der Waals surface area contributed by atoms with E-state index in [9.17, 15) is 20.0 Å². The number of nitrogens with zero attached hydrogens (tertiary/aromatic N) is 1. The number of nitro benzene ring substituents is 1. The molecule has 0 amide bonds. The summed E-state index contributed by atoms with van der Waals surface area (Å²) in [5.41, 5.74) is 7.19. The molecule has 0 saturated heterocycles. The van der Waals surface area contributed by atoms with Crippen LogP contribution < -0.4 is 5.73 Å². The zero-order valence-corrected chi connectivity index (χ0v) is 11.6. The summed E-state index contributed by atoms with van der Waals surface area (Å²) in [4.78, 5) is 21.8. The minimum Gasteiger partial charge on any atom is -0.508 e. The maximum Gasteiger partial charge on any atom is 0.310 e. The van der Waals surface area contributed by atoms with Crippen molar-refractivity contribution in [1.82, 2.24) is 0 Å². The molecule has 0 unspecified atom stereocenters. The second kappa shape index (κ2) is 6.57. The van der Waals surface area contributed by atoms with Gasteiger partial charge in [-0.05, 0) is 29.3 Å². The van der Waals surface area contributed by atoms with Crippen LogP contribution in [-0.4, -0.2) is 16.0 Å². The van der Waals surface area contributed by atoms with Gasteiger partial charge in [0.25, 0.3) is 5.69 Å². The summed E-state index contributed by atoms with van der Waals surface area (Å²) in [7, 11) is 0. The highest BCUT2D eigenvalue weighted by Gasteiger charge is 2.10. The molecule has 3 N–H and O–H groups in total. The topological polar surface area (TPSA) is 116 Å². The van der Waals surface area contributed by atoms with E-state index in [1.54, 1.807) is 6.07 Å². The Morgan fingerprint density at radius 1 is 1.23 bits per heavy atom. The van der Waals surface area contributed by atoms with E-state index in [0.717, 1.165) is 0 Å². The fraction of sp³-hybridized carbons (Fsp3) is 0.133. The van der Waals surface area contributed by atoms with Crippen LogP contribution in [0.4, 0.5) is 11.4 Å². The summed E-state index contributed by atoms with van der Waals surface area (Å²) >= 11 is 0. The van der Waals surface area contributed by atoms with Crippen LogP contribution in [0.5, 0.6) is 5.75 Å². The molecule has 114 valence electrons. The van der Waals surface area contributed by atoms with Crippen molar-refractivity contribution in [3.8, 4) is 5.75 Å². The number of anilines is 1. The number of carbonyl (C=O) groups excluding carboxylic acids is 1. The molecule has 0 aliphatic heterocycles. The number of hydrogen-bond acceptors (Lipinski definition) is 6. The lowest BCUT2D eigenvalue weighted by atomic mass is 10.1. The Labute approximate surface area is 126 Å². The molecule has 2 aromatic rings. The van der Waals surface area contributed by atoms with Gasteiger partial charge in [0.2, 0.25) is 0 Å². The first-order valence-electron chi connectivity index (χ1n) is 6.42. The third kappa shape index (κ3) is 3.95. The maximum absolute atomic E-state index is 11.7. The van der Waals surface area contributed by atoms with Gasteiger partial charge in [0, 0.05) is 23.9 Å². The molecule has 7 nitrogen and oxygen atoms in total. The van der Waals surface area contributed by atoms with Gasteiger partial charge < -0.3 is 15.6 Å². The average molecular weight is 302 g/mol. The normalized spacial score (nSPS) is 10.2. The number of phenolic OH excluding ortho intramolecular Hbond substituents is 1. The fourth-order valence-electron chi connectivity index (χ4n) is 1.83. The van der Waals surface area contributed by atoms with Crippen LogP contribution in [0.1, 0.15) is 11.1 Å². The largest absolute Gasteiger partial charge is 0.508 e. The van der Waals surface area contributed by atoms with Crippen molar-refractivity contribution in [2.45, 2.75) is 13.0 Å². The summed E-state index contributed by atoms with van der Waals surface area (Å²) in [5, 5.41) is 19.8. The lowest BCUT2D eigenvalue weighted by molar-refractivity contribution is -0.384. The number of esters is 1. The number of aromatic hydroxyl groups is 1. The van der Waals surface area contributed by atoms with Gasteiger partial charge in [-0.25, -0.2) is 0 Å². The standard InChI is InChI=1S/C15H14N2O5/c16-14-8-13(18)6-3-11(14)7-15(19)22-9-10-1-4-12(5-2-10)17(20)21/h1-6,8,18H,7,9,16H2. The number of benzene rings is 2. The number of nitrogens with two attached hydrogens (primary N) is 1. The molecule has 0 spiro atoms. The van der Waals surface area contributed by atoms with E-state index in [1.807, 2.05) is 0 Å². The van der Waals surface area contributed by atoms with E-state index in [4.69, 9.17) is 10.5 Å². The van der Waals surface area contributed by atoms with Crippen molar-refractivity contribution in [2.24, 2.45) is 0 Å². The number of nitrogen functional groups attached to an aromatic ring is 1. The molecule has 0 bridgehead atoms. The summed E-state index contributed by atoms with van der Waals surface area (Å²) in [6.45, 7) is 0.0226.